The van der Waals surface area contributed by atoms with Crippen LogP contribution in [-0.4, -0.2) is 9.38 Å². The maximum atomic E-state index is 5.73. The van der Waals surface area contributed by atoms with Crippen molar-refractivity contribution in [2.24, 2.45) is 0 Å². The van der Waals surface area contributed by atoms with Crippen molar-refractivity contribution >= 4 is 11.3 Å². The largest absolute Gasteiger partial charge is 0.399 e. The van der Waals surface area contributed by atoms with Crippen LogP contribution in [0.4, 0.5) is 5.69 Å². The summed E-state index contributed by atoms with van der Waals surface area (Å²) < 4.78 is 1.99. The van der Waals surface area contributed by atoms with Crippen LogP contribution in [-0.2, 0) is 6.42 Å². The Morgan fingerprint density at radius 1 is 1.12 bits per heavy atom. The fourth-order valence-corrected chi connectivity index (χ4v) is 1.94. The molecule has 2 N–H and O–H groups in total. The Labute approximate surface area is 99.5 Å². The maximum absolute atomic E-state index is 5.73. The molecular formula is C14H13N3. The molecule has 3 rings (SSSR count). The Kier molecular flexibility index (Phi) is 2.29. The number of nitrogens with two attached hydrogens (primary N) is 1. The summed E-state index contributed by atoms with van der Waals surface area (Å²) in [6.45, 7) is 0. The second-order valence-electron chi connectivity index (χ2n) is 4.12. The molecule has 0 fully saturated rings. The summed E-state index contributed by atoms with van der Waals surface area (Å²) in [6.07, 6.45) is 4.83. The molecule has 1 aromatic carbocycles. The van der Waals surface area contributed by atoms with Gasteiger partial charge in [-0.1, -0.05) is 30.3 Å². The fraction of sp³-hybridized carbons (Fsp3) is 0.0714. The summed E-state index contributed by atoms with van der Waals surface area (Å²) in [5.41, 5.74) is 9.70. The van der Waals surface area contributed by atoms with Crippen molar-refractivity contribution in [1.82, 2.24) is 9.38 Å². The number of nitrogens with zero attached hydrogens (tertiary/aromatic N) is 2. The molecule has 0 saturated heterocycles. The lowest BCUT2D eigenvalue weighted by atomic mass is 10.1. The quantitative estimate of drug-likeness (QED) is 0.725. The Morgan fingerprint density at radius 3 is 2.76 bits per heavy atom. The first-order valence-electron chi connectivity index (χ1n) is 5.58. The summed E-state index contributed by atoms with van der Waals surface area (Å²) in [5, 5.41) is 0. The molecule has 0 aliphatic rings. The number of hydrogen-bond donors (Lipinski definition) is 1. The van der Waals surface area contributed by atoms with Crippen molar-refractivity contribution in [2.45, 2.75) is 6.42 Å². The Morgan fingerprint density at radius 2 is 1.94 bits per heavy atom. The van der Waals surface area contributed by atoms with Crippen molar-refractivity contribution in [3.8, 4) is 0 Å². The average Bonchev–Trinajstić information content (AvgIpc) is 2.71. The van der Waals surface area contributed by atoms with Gasteiger partial charge in [0.15, 0.2) is 0 Å². The molecule has 0 amide bonds. The monoisotopic (exact) mass is 223 g/mol. The van der Waals surface area contributed by atoms with Gasteiger partial charge < -0.3 is 10.1 Å². The summed E-state index contributed by atoms with van der Waals surface area (Å²) in [4.78, 5) is 4.55. The molecule has 0 aliphatic heterocycles. The molecule has 2 aromatic heterocycles. The van der Waals surface area contributed by atoms with Crippen LogP contribution in [0.2, 0.25) is 0 Å². The van der Waals surface area contributed by atoms with Crippen molar-refractivity contribution in [3.05, 3.63) is 66.1 Å². The van der Waals surface area contributed by atoms with E-state index in [1.807, 2.05) is 47.1 Å². The lowest BCUT2D eigenvalue weighted by Gasteiger charge is -1.95. The number of pyridine rings is 1. The molecule has 0 radical (unpaired) electrons. The molecule has 17 heavy (non-hydrogen) atoms. The first-order valence-corrected chi connectivity index (χ1v) is 5.58. The van der Waals surface area contributed by atoms with E-state index in [1.54, 1.807) is 0 Å². The predicted molar refractivity (Wildman–Crippen MR) is 68.9 cm³/mol. The van der Waals surface area contributed by atoms with Gasteiger partial charge in [0.2, 0.25) is 0 Å². The van der Waals surface area contributed by atoms with Gasteiger partial charge in [0, 0.05) is 30.6 Å². The van der Waals surface area contributed by atoms with E-state index in [1.165, 1.54) is 5.56 Å². The van der Waals surface area contributed by atoms with E-state index < -0.39 is 0 Å². The topological polar surface area (TPSA) is 43.3 Å². The van der Waals surface area contributed by atoms with Gasteiger partial charge in [0.1, 0.15) is 5.65 Å². The Balaban J connectivity index is 1.96. The van der Waals surface area contributed by atoms with Crippen LogP contribution in [0, 0.1) is 0 Å². The lowest BCUT2D eigenvalue weighted by molar-refractivity contribution is 1.11. The minimum absolute atomic E-state index is 0.745. The van der Waals surface area contributed by atoms with Gasteiger partial charge in [0.25, 0.3) is 0 Å². The van der Waals surface area contributed by atoms with Crippen molar-refractivity contribution in [2.75, 3.05) is 5.73 Å². The maximum Gasteiger partial charge on any atom is 0.139 e. The molecule has 3 nitrogen and oxygen atoms in total. The van der Waals surface area contributed by atoms with Gasteiger partial charge >= 0.3 is 0 Å². The second-order valence-corrected chi connectivity index (χ2v) is 4.12. The van der Waals surface area contributed by atoms with Crippen LogP contribution in [0.1, 0.15) is 11.3 Å². The summed E-state index contributed by atoms with van der Waals surface area (Å²) >= 11 is 0. The van der Waals surface area contributed by atoms with E-state index in [0.717, 1.165) is 23.4 Å². The zero-order valence-corrected chi connectivity index (χ0v) is 9.38. The van der Waals surface area contributed by atoms with Gasteiger partial charge in [-0.15, -0.1) is 0 Å². The molecular weight excluding hydrogens is 210 g/mol. The number of rotatable bonds is 2. The third-order valence-corrected chi connectivity index (χ3v) is 2.76. The number of fused-ring (bicyclic) bond motifs is 1. The third-order valence-electron chi connectivity index (χ3n) is 2.76. The van der Waals surface area contributed by atoms with E-state index in [-0.39, 0.29) is 0 Å². The fourth-order valence-electron chi connectivity index (χ4n) is 1.94. The highest BCUT2D eigenvalue weighted by Crippen LogP contribution is 2.12. The Hall–Kier alpha value is -2.29. The smallest absolute Gasteiger partial charge is 0.139 e. The molecule has 0 unspecified atom stereocenters. The predicted octanol–water partition coefficient (Wildman–Crippen LogP) is 2.51. The summed E-state index contributed by atoms with van der Waals surface area (Å²) in [6, 6.07) is 14.1. The molecule has 3 heteroatoms. The van der Waals surface area contributed by atoms with Crippen molar-refractivity contribution in [1.29, 1.82) is 0 Å². The van der Waals surface area contributed by atoms with Gasteiger partial charge in [-0.25, -0.2) is 4.98 Å². The minimum atomic E-state index is 0.745. The molecule has 0 bridgehead atoms. The Bertz CT molecular complexity index is 641. The van der Waals surface area contributed by atoms with Crippen molar-refractivity contribution in [3.63, 3.8) is 0 Å². The van der Waals surface area contributed by atoms with E-state index >= 15 is 0 Å². The standard InChI is InChI=1S/C14H13N3/c15-12-6-7-17-10-13(16-14(17)9-12)8-11-4-2-1-3-5-11/h1-7,9-10H,8,15H2. The van der Waals surface area contributed by atoms with Gasteiger partial charge in [-0.2, -0.15) is 0 Å². The van der Waals surface area contributed by atoms with Gasteiger partial charge in [0.05, 0.1) is 5.69 Å². The SMILES string of the molecule is Nc1ccn2cc(Cc3ccccc3)nc2c1. The highest BCUT2D eigenvalue weighted by Gasteiger charge is 2.02. The zero-order valence-electron chi connectivity index (χ0n) is 9.38. The first-order chi connectivity index (χ1) is 8.31. The molecule has 0 aliphatic carbocycles. The first kappa shape index (κ1) is 9.90. The highest BCUT2D eigenvalue weighted by molar-refractivity contribution is 5.52. The molecule has 0 spiro atoms. The third kappa shape index (κ3) is 1.99. The number of imidazole rings is 1. The number of anilines is 1. The van der Waals surface area contributed by atoms with Gasteiger partial charge in [-0.05, 0) is 11.6 Å². The number of hydrogen-bond acceptors (Lipinski definition) is 2. The second kappa shape index (κ2) is 3.94. The normalized spacial score (nSPS) is 10.8. The van der Waals surface area contributed by atoms with E-state index in [4.69, 9.17) is 5.73 Å². The average molecular weight is 223 g/mol. The molecule has 0 saturated carbocycles. The number of nitrogen functional groups attached to an aromatic ring is 1. The summed E-state index contributed by atoms with van der Waals surface area (Å²) in [5.74, 6) is 0. The van der Waals surface area contributed by atoms with Crippen LogP contribution >= 0.6 is 0 Å². The number of aromatic nitrogens is 2. The number of benzene rings is 1. The van der Waals surface area contributed by atoms with Crippen LogP contribution < -0.4 is 5.73 Å². The van der Waals surface area contributed by atoms with Crippen LogP contribution in [0.3, 0.4) is 0 Å². The lowest BCUT2D eigenvalue weighted by Crippen LogP contribution is -1.87. The minimum Gasteiger partial charge on any atom is -0.399 e. The zero-order chi connectivity index (χ0) is 11.7. The highest BCUT2D eigenvalue weighted by atomic mass is 15.0. The van der Waals surface area contributed by atoms with E-state index in [2.05, 4.69) is 17.1 Å². The summed E-state index contributed by atoms with van der Waals surface area (Å²) in [7, 11) is 0. The van der Waals surface area contributed by atoms with Gasteiger partial charge in [-0.3, -0.25) is 0 Å². The van der Waals surface area contributed by atoms with Crippen molar-refractivity contribution < 1.29 is 0 Å². The van der Waals surface area contributed by atoms with Crippen LogP contribution in [0.25, 0.3) is 5.65 Å². The molecule has 0 atom stereocenters. The molecule has 84 valence electrons. The van der Waals surface area contributed by atoms with Crippen LogP contribution in [0.5, 0.6) is 0 Å². The van der Waals surface area contributed by atoms with Crippen LogP contribution in [0.15, 0.2) is 54.9 Å². The van der Waals surface area contributed by atoms with E-state index in [9.17, 15) is 0 Å². The molecule has 2 heterocycles. The van der Waals surface area contributed by atoms with E-state index in [0.29, 0.717) is 0 Å². The molecule has 3 aromatic rings.